The zero-order valence-electron chi connectivity index (χ0n) is 11.6. The van der Waals surface area contributed by atoms with Gasteiger partial charge in [-0.3, -0.25) is 14.6 Å². The van der Waals surface area contributed by atoms with Gasteiger partial charge in [0.2, 0.25) is 0 Å². The second-order valence-electron chi connectivity index (χ2n) is 4.57. The van der Waals surface area contributed by atoms with E-state index < -0.39 is 32.6 Å². The van der Waals surface area contributed by atoms with Gasteiger partial charge in [-0.05, 0) is 25.1 Å². The molecule has 0 unspecified atom stereocenters. The lowest BCUT2D eigenvalue weighted by molar-refractivity contribution is -0.137. The van der Waals surface area contributed by atoms with Gasteiger partial charge in [-0.1, -0.05) is 6.07 Å². The van der Waals surface area contributed by atoms with E-state index in [0.29, 0.717) is 6.07 Å². The lowest BCUT2D eigenvalue weighted by Gasteiger charge is -2.11. The minimum Gasteiger partial charge on any atom is -0.364 e. The third kappa shape index (κ3) is 3.44. The van der Waals surface area contributed by atoms with Gasteiger partial charge in [0.05, 0.1) is 16.2 Å². The van der Waals surface area contributed by atoms with E-state index in [4.69, 9.17) is 5.73 Å². The number of rotatable bonds is 4. The molecule has 0 bridgehead atoms. The van der Waals surface area contributed by atoms with Crippen LogP contribution in [0.15, 0.2) is 29.2 Å². The van der Waals surface area contributed by atoms with E-state index in [1.54, 1.807) is 0 Å². The van der Waals surface area contributed by atoms with Crippen molar-refractivity contribution in [3.63, 3.8) is 0 Å². The summed E-state index contributed by atoms with van der Waals surface area (Å²) in [5, 5.41) is 5.91. The van der Waals surface area contributed by atoms with Crippen LogP contribution in [0.4, 0.5) is 18.9 Å². The first-order valence-corrected chi connectivity index (χ1v) is 7.55. The molecular formula is C12H11F3N4O3S. The minimum absolute atomic E-state index is 0.189. The number of aromatic amines is 1. The average Bonchev–Trinajstić information content (AvgIpc) is 2.79. The fraction of sp³-hybridized carbons (Fsp3) is 0.167. The first-order valence-electron chi connectivity index (χ1n) is 6.07. The van der Waals surface area contributed by atoms with Gasteiger partial charge < -0.3 is 5.73 Å². The van der Waals surface area contributed by atoms with Crippen molar-refractivity contribution >= 4 is 21.6 Å². The molecule has 11 heteroatoms. The van der Waals surface area contributed by atoms with Crippen molar-refractivity contribution < 1.29 is 26.4 Å². The summed E-state index contributed by atoms with van der Waals surface area (Å²) in [5.74, 6) is -0.990. The molecule has 0 aliphatic rings. The monoisotopic (exact) mass is 348 g/mol. The number of primary amides is 1. The Balaban J connectivity index is 2.45. The number of carbonyl (C=O) groups excluding carboxylic acids is 1. The first kappa shape index (κ1) is 16.8. The van der Waals surface area contributed by atoms with Crippen LogP contribution in [-0.4, -0.2) is 24.5 Å². The van der Waals surface area contributed by atoms with Gasteiger partial charge in [0, 0.05) is 0 Å². The van der Waals surface area contributed by atoms with E-state index >= 15 is 0 Å². The Morgan fingerprint density at radius 1 is 1.35 bits per heavy atom. The highest BCUT2D eigenvalue weighted by atomic mass is 32.2. The van der Waals surface area contributed by atoms with E-state index in [2.05, 4.69) is 10.2 Å². The van der Waals surface area contributed by atoms with Crippen LogP contribution < -0.4 is 10.5 Å². The number of nitrogens with two attached hydrogens (primary N) is 1. The number of carbonyl (C=O) groups is 1. The zero-order valence-corrected chi connectivity index (χ0v) is 12.4. The number of alkyl halides is 3. The van der Waals surface area contributed by atoms with Gasteiger partial charge in [0.15, 0.2) is 5.69 Å². The van der Waals surface area contributed by atoms with Crippen molar-refractivity contribution in [2.45, 2.75) is 18.0 Å². The zero-order chi connectivity index (χ0) is 17.4. The first-order chi connectivity index (χ1) is 10.5. The molecule has 0 aliphatic heterocycles. The molecule has 1 amide bonds. The highest BCUT2D eigenvalue weighted by Crippen LogP contribution is 2.31. The van der Waals surface area contributed by atoms with Gasteiger partial charge in [0.25, 0.3) is 15.9 Å². The Morgan fingerprint density at radius 2 is 2.00 bits per heavy atom. The van der Waals surface area contributed by atoms with Gasteiger partial charge in [-0.2, -0.15) is 18.3 Å². The summed E-state index contributed by atoms with van der Waals surface area (Å²) in [6.45, 7) is 1.42. The van der Waals surface area contributed by atoms with E-state index in [0.717, 1.165) is 18.2 Å². The minimum atomic E-state index is -4.69. The molecule has 1 aromatic heterocycles. The van der Waals surface area contributed by atoms with Gasteiger partial charge in [-0.15, -0.1) is 0 Å². The van der Waals surface area contributed by atoms with Crippen LogP contribution >= 0.6 is 0 Å². The quantitative estimate of drug-likeness (QED) is 0.778. The summed E-state index contributed by atoms with van der Waals surface area (Å²) in [7, 11) is -4.36. The number of aromatic nitrogens is 2. The molecule has 1 aromatic carbocycles. The van der Waals surface area contributed by atoms with E-state index in [1.807, 2.05) is 4.72 Å². The topological polar surface area (TPSA) is 118 Å². The summed E-state index contributed by atoms with van der Waals surface area (Å²) in [4.78, 5) is 10.6. The van der Waals surface area contributed by atoms with Gasteiger partial charge in [-0.25, -0.2) is 8.42 Å². The Kier molecular flexibility index (Phi) is 4.07. The number of halogens is 3. The predicted molar refractivity (Wildman–Crippen MR) is 74.1 cm³/mol. The lowest BCUT2D eigenvalue weighted by atomic mass is 10.2. The number of nitrogens with one attached hydrogen (secondary N) is 2. The van der Waals surface area contributed by atoms with E-state index in [1.165, 1.54) is 6.92 Å². The van der Waals surface area contributed by atoms with Gasteiger partial charge >= 0.3 is 6.18 Å². The average molecular weight is 348 g/mol. The second-order valence-corrected chi connectivity index (χ2v) is 6.25. The van der Waals surface area contributed by atoms with Crippen molar-refractivity contribution in [3.05, 3.63) is 41.2 Å². The molecule has 0 fully saturated rings. The van der Waals surface area contributed by atoms with Crippen molar-refractivity contribution in [1.29, 1.82) is 0 Å². The van der Waals surface area contributed by atoms with Crippen LogP contribution in [0, 0.1) is 6.92 Å². The smallest absolute Gasteiger partial charge is 0.364 e. The Hall–Kier alpha value is -2.56. The largest absolute Gasteiger partial charge is 0.416 e. The molecule has 2 aromatic rings. The summed E-state index contributed by atoms with van der Waals surface area (Å²) < 4.78 is 64.5. The third-order valence-electron chi connectivity index (χ3n) is 2.89. The van der Waals surface area contributed by atoms with Gasteiger partial charge in [0.1, 0.15) is 5.69 Å². The molecule has 23 heavy (non-hydrogen) atoms. The molecule has 0 saturated heterocycles. The number of benzene rings is 1. The van der Waals surface area contributed by atoms with E-state index in [9.17, 15) is 26.4 Å². The maximum Gasteiger partial charge on any atom is 0.416 e. The fourth-order valence-corrected chi connectivity index (χ4v) is 2.94. The number of amides is 1. The maximum absolute atomic E-state index is 12.7. The number of hydrogen-bond donors (Lipinski definition) is 3. The molecule has 7 nitrogen and oxygen atoms in total. The van der Waals surface area contributed by atoms with Crippen molar-refractivity contribution in [3.8, 4) is 0 Å². The van der Waals surface area contributed by atoms with Crippen LogP contribution in [0.3, 0.4) is 0 Å². The maximum atomic E-state index is 12.7. The fourth-order valence-electron chi connectivity index (χ4n) is 1.77. The van der Waals surface area contributed by atoms with Crippen LogP contribution in [0.25, 0.3) is 0 Å². The Morgan fingerprint density at radius 3 is 2.57 bits per heavy atom. The summed E-state index contributed by atoms with van der Waals surface area (Å²) in [5.41, 5.74) is 3.56. The molecule has 0 atom stereocenters. The predicted octanol–water partition coefficient (Wildman–Crippen LogP) is 1.64. The van der Waals surface area contributed by atoms with Crippen LogP contribution in [0.1, 0.15) is 21.7 Å². The molecular weight excluding hydrogens is 337 g/mol. The van der Waals surface area contributed by atoms with Crippen LogP contribution in [-0.2, 0) is 16.2 Å². The number of aryl methyl sites for hydroxylation is 1. The lowest BCUT2D eigenvalue weighted by Crippen LogP contribution is -2.19. The SMILES string of the molecule is Cc1[nH]nc(C(N)=O)c1NS(=O)(=O)c1cccc(C(F)(F)F)c1. The number of hydrogen-bond acceptors (Lipinski definition) is 4. The van der Waals surface area contributed by atoms with Crippen LogP contribution in [0.5, 0.6) is 0 Å². The van der Waals surface area contributed by atoms with Crippen molar-refractivity contribution in [1.82, 2.24) is 10.2 Å². The summed E-state index contributed by atoms with van der Waals surface area (Å²) >= 11 is 0. The normalized spacial score (nSPS) is 12.2. The summed E-state index contributed by atoms with van der Waals surface area (Å²) in [6.07, 6.45) is -4.69. The van der Waals surface area contributed by atoms with Crippen molar-refractivity contribution in [2.24, 2.45) is 5.73 Å². The molecule has 1 heterocycles. The number of anilines is 1. The highest BCUT2D eigenvalue weighted by molar-refractivity contribution is 7.92. The number of nitrogens with zero attached hydrogens (tertiary/aromatic N) is 1. The van der Waals surface area contributed by atoms with Crippen molar-refractivity contribution in [2.75, 3.05) is 4.72 Å². The Bertz CT molecular complexity index is 859. The summed E-state index contributed by atoms with van der Waals surface area (Å²) in [6, 6.07) is 3.20. The third-order valence-corrected chi connectivity index (χ3v) is 4.24. The molecule has 0 spiro atoms. The highest BCUT2D eigenvalue weighted by Gasteiger charge is 2.32. The number of H-pyrrole nitrogens is 1. The van der Waals surface area contributed by atoms with Crippen LogP contribution in [0.2, 0.25) is 0 Å². The molecule has 124 valence electrons. The molecule has 2 rings (SSSR count). The second kappa shape index (κ2) is 5.57. The molecule has 0 aliphatic carbocycles. The van der Waals surface area contributed by atoms with E-state index in [-0.39, 0.29) is 17.1 Å². The molecule has 4 N–H and O–H groups in total. The Labute approximate surface area is 128 Å². The standard InChI is InChI=1S/C12H11F3N4O3S/c1-6-9(10(11(16)20)18-17-6)19-23(21,22)8-4-2-3-7(5-8)12(13,14)15/h2-5,19H,1H3,(H2,16,20)(H,17,18). The molecule has 0 saturated carbocycles. The molecule has 0 radical (unpaired) electrons. The number of sulfonamides is 1.